The number of amides is 1. The van der Waals surface area contributed by atoms with Crippen molar-refractivity contribution in [1.82, 2.24) is 9.78 Å². The Morgan fingerprint density at radius 3 is 2.81 bits per heavy atom. The highest BCUT2D eigenvalue weighted by atomic mass is 16.2. The van der Waals surface area contributed by atoms with Crippen LogP contribution >= 0.6 is 0 Å². The van der Waals surface area contributed by atoms with Gasteiger partial charge in [-0.05, 0) is 20.3 Å². The van der Waals surface area contributed by atoms with Gasteiger partial charge in [0, 0.05) is 13.1 Å². The van der Waals surface area contributed by atoms with E-state index in [-0.39, 0.29) is 5.91 Å². The molecule has 0 aliphatic carbocycles. The van der Waals surface area contributed by atoms with Crippen LogP contribution in [0.15, 0.2) is 0 Å². The first-order valence-corrected chi connectivity index (χ1v) is 5.79. The Hall–Kier alpha value is -1.52. The van der Waals surface area contributed by atoms with Crippen LogP contribution in [0.2, 0.25) is 0 Å². The Kier molecular flexibility index (Phi) is 2.85. The topological polar surface area (TPSA) is 50.2 Å². The van der Waals surface area contributed by atoms with Crippen LogP contribution < -0.4 is 10.2 Å². The third kappa shape index (κ3) is 1.66. The number of hydrogen-bond donors (Lipinski definition) is 1. The number of nitrogens with zero attached hydrogens (tertiary/aromatic N) is 3. The van der Waals surface area contributed by atoms with Crippen LogP contribution in [0.5, 0.6) is 0 Å². The predicted octanol–water partition coefficient (Wildman–Crippen LogP) is 1.38. The second kappa shape index (κ2) is 4.15. The van der Waals surface area contributed by atoms with Crippen molar-refractivity contribution in [1.29, 1.82) is 0 Å². The molecule has 0 saturated carbocycles. The van der Waals surface area contributed by atoms with Gasteiger partial charge in [-0.3, -0.25) is 4.79 Å². The van der Waals surface area contributed by atoms with Crippen molar-refractivity contribution in [3.05, 3.63) is 5.69 Å². The van der Waals surface area contributed by atoms with E-state index in [9.17, 15) is 4.79 Å². The molecule has 0 aromatic carbocycles. The molecule has 2 rings (SSSR count). The number of fused-ring (bicyclic) bond motifs is 1. The molecule has 1 aliphatic heterocycles. The maximum absolute atomic E-state index is 11.6. The van der Waals surface area contributed by atoms with Gasteiger partial charge in [-0.2, -0.15) is 5.10 Å². The minimum Gasteiger partial charge on any atom is -0.346 e. The largest absolute Gasteiger partial charge is 0.346 e. The fraction of sp³-hybridized carbons (Fsp3) is 0.636. The highest BCUT2D eigenvalue weighted by Gasteiger charge is 2.27. The van der Waals surface area contributed by atoms with Crippen molar-refractivity contribution in [3.63, 3.8) is 0 Å². The Labute approximate surface area is 95.4 Å². The van der Waals surface area contributed by atoms with Crippen LogP contribution in [0.25, 0.3) is 0 Å². The van der Waals surface area contributed by atoms with Gasteiger partial charge in [0.25, 0.3) is 0 Å². The smallest absolute Gasteiger partial charge is 0.244 e. The molecule has 88 valence electrons. The van der Waals surface area contributed by atoms with Crippen molar-refractivity contribution >= 4 is 17.4 Å². The molecule has 5 heteroatoms. The molecule has 0 spiro atoms. The summed E-state index contributed by atoms with van der Waals surface area (Å²) in [6.07, 6.45) is 1.03. The number of anilines is 2. The van der Waals surface area contributed by atoms with E-state index in [0.29, 0.717) is 6.54 Å². The van der Waals surface area contributed by atoms with E-state index in [1.165, 1.54) is 0 Å². The second-order valence-electron chi connectivity index (χ2n) is 4.07. The minimum absolute atomic E-state index is 0.0553. The summed E-state index contributed by atoms with van der Waals surface area (Å²) >= 11 is 0. The number of aryl methyl sites for hydroxylation is 2. The Balaban J connectivity index is 2.45. The first-order chi connectivity index (χ1) is 7.67. The summed E-state index contributed by atoms with van der Waals surface area (Å²) in [5.41, 5.74) is 1.78. The van der Waals surface area contributed by atoms with Crippen molar-refractivity contribution in [2.45, 2.75) is 33.7 Å². The maximum Gasteiger partial charge on any atom is 0.244 e. The lowest BCUT2D eigenvalue weighted by atomic mass is 10.2. The van der Waals surface area contributed by atoms with E-state index < -0.39 is 0 Å². The Morgan fingerprint density at radius 2 is 2.19 bits per heavy atom. The molecule has 0 atom stereocenters. The molecule has 16 heavy (non-hydrogen) atoms. The highest BCUT2D eigenvalue weighted by Crippen LogP contribution is 2.32. The number of carbonyl (C=O) groups is 1. The van der Waals surface area contributed by atoms with Gasteiger partial charge >= 0.3 is 0 Å². The zero-order valence-corrected chi connectivity index (χ0v) is 10.1. The van der Waals surface area contributed by atoms with E-state index in [1.54, 1.807) is 0 Å². The average Bonchev–Trinajstić information content (AvgIpc) is 2.56. The van der Waals surface area contributed by atoms with Crippen LogP contribution in [-0.4, -0.2) is 28.8 Å². The molecule has 0 unspecified atom stereocenters. The summed E-state index contributed by atoms with van der Waals surface area (Å²) in [5, 5.41) is 7.35. The second-order valence-corrected chi connectivity index (χ2v) is 4.07. The zero-order chi connectivity index (χ0) is 11.7. The minimum atomic E-state index is 0.0553. The number of carbonyl (C=O) groups excluding carboxylic acids is 1. The van der Waals surface area contributed by atoms with Gasteiger partial charge < -0.3 is 10.2 Å². The van der Waals surface area contributed by atoms with Crippen LogP contribution in [0.1, 0.15) is 26.0 Å². The molecule has 1 aliphatic rings. The Morgan fingerprint density at radius 1 is 1.44 bits per heavy atom. The quantitative estimate of drug-likeness (QED) is 0.840. The lowest BCUT2D eigenvalue weighted by molar-refractivity contribution is -0.115. The summed E-state index contributed by atoms with van der Waals surface area (Å²) in [4.78, 5) is 13.7. The standard InChI is InChI=1S/C11H18N4O/c1-4-6-14-7-9(16)12-10-8(3)13-15(5-2)11(10)14/h4-7H2,1-3H3,(H,12,16). The molecule has 0 bridgehead atoms. The van der Waals surface area contributed by atoms with Crippen molar-refractivity contribution < 1.29 is 4.79 Å². The molecular weight excluding hydrogens is 204 g/mol. The predicted molar refractivity (Wildman–Crippen MR) is 63.8 cm³/mol. The van der Waals surface area contributed by atoms with Gasteiger partial charge in [0.2, 0.25) is 5.91 Å². The van der Waals surface area contributed by atoms with E-state index in [2.05, 4.69) is 29.2 Å². The lowest BCUT2D eigenvalue weighted by Gasteiger charge is -2.29. The SMILES string of the molecule is CCCN1CC(=O)Nc2c(C)nn(CC)c21. The Bertz CT molecular complexity index is 410. The zero-order valence-electron chi connectivity index (χ0n) is 10.1. The number of nitrogens with one attached hydrogen (secondary N) is 1. The summed E-state index contributed by atoms with van der Waals surface area (Å²) in [7, 11) is 0. The van der Waals surface area contributed by atoms with Gasteiger partial charge in [-0.15, -0.1) is 0 Å². The van der Waals surface area contributed by atoms with E-state index in [1.807, 2.05) is 11.6 Å². The van der Waals surface area contributed by atoms with Crippen LogP contribution in [0.3, 0.4) is 0 Å². The molecule has 0 radical (unpaired) electrons. The van der Waals surface area contributed by atoms with Gasteiger partial charge in [-0.1, -0.05) is 6.92 Å². The van der Waals surface area contributed by atoms with Gasteiger partial charge in [0.05, 0.1) is 12.2 Å². The van der Waals surface area contributed by atoms with Gasteiger partial charge in [0.15, 0.2) is 5.82 Å². The molecule has 1 N–H and O–H groups in total. The highest BCUT2D eigenvalue weighted by molar-refractivity contribution is 6.01. The average molecular weight is 222 g/mol. The summed E-state index contributed by atoms with van der Waals surface area (Å²) in [5.74, 6) is 1.11. The third-order valence-electron chi connectivity index (χ3n) is 2.79. The molecule has 1 aromatic heterocycles. The molecular formula is C11H18N4O. The summed E-state index contributed by atoms with van der Waals surface area (Å²) in [6, 6.07) is 0. The number of hydrogen-bond acceptors (Lipinski definition) is 3. The number of rotatable bonds is 3. The number of aromatic nitrogens is 2. The normalized spacial score (nSPS) is 14.9. The fourth-order valence-corrected chi connectivity index (χ4v) is 2.14. The lowest BCUT2D eigenvalue weighted by Crippen LogP contribution is -2.39. The van der Waals surface area contributed by atoms with Crippen molar-refractivity contribution in [2.24, 2.45) is 0 Å². The summed E-state index contributed by atoms with van der Waals surface area (Å²) in [6.45, 7) is 8.27. The molecule has 2 heterocycles. The van der Waals surface area contributed by atoms with Crippen LogP contribution in [0.4, 0.5) is 11.5 Å². The van der Waals surface area contributed by atoms with Gasteiger partial charge in [-0.25, -0.2) is 4.68 Å². The molecule has 1 aromatic rings. The maximum atomic E-state index is 11.6. The summed E-state index contributed by atoms with van der Waals surface area (Å²) < 4.78 is 1.96. The van der Waals surface area contributed by atoms with Gasteiger partial charge in [0.1, 0.15) is 5.69 Å². The van der Waals surface area contributed by atoms with E-state index in [0.717, 1.165) is 36.7 Å². The van der Waals surface area contributed by atoms with E-state index >= 15 is 0 Å². The first kappa shape index (κ1) is 11.0. The molecule has 1 amide bonds. The fourth-order valence-electron chi connectivity index (χ4n) is 2.14. The molecule has 0 fully saturated rings. The third-order valence-corrected chi connectivity index (χ3v) is 2.79. The first-order valence-electron chi connectivity index (χ1n) is 5.79. The monoisotopic (exact) mass is 222 g/mol. The van der Waals surface area contributed by atoms with Crippen LogP contribution in [-0.2, 0) is 11.3 Å². The van der Waals surface area contributed by atoms with Crippen molar-refractivity contribution in [3.8, 4) is 0 Å². The molecule has 0 saturated heterocycles. The van der Waals surface area contributed by atoms with E-state index in [4.69, 9.17) is 0 Å². The van der Waals surface area contributed by atoms with Crippen molar-refractivity contribution in [2.75, 3.05) is 23.3 Å². The molecule has 5 nitrogen and oxygen atoms in total. The van der Waals surface area contributed by atoms with Crippen LogP contribution in [0, 0.1) is 6.92 Å².